The molecule has 0 aliphatic carbocycles. The summed E-state index contributed by atoms with van der Waals surface area (Å²) in [6.07, 6.45) is -4.96. The molecule has 2 heterocycles. The number of alkyl halides is 4. The highest BCUT2D eigenvalue weighted by atomic mass is 35.5. The molecular weight excluding hydrogens is 279 g/mol. The molecule has 0 aliphatic rings. The van der Waals surface area contributed by atoms with Gasteiger partial charge < -0.3 is 4.57 Å². The molecule has 0 saturated carbocycles. The van der Waals surface area contributed by atoms with Crippen LogP contribution in [0.25, 0.3) is 11.2 Å². The Morgan fingerprint density at radius 3 is 2.63 bits per heavy atom. The fraction of sp³-hybridized carbons (Fsp3) is 0.500. The molecule has 19 heavy (non-hydrogen) atoms. The molecule has 0 N–H and O–H groups in total. The number of pyridine rings is 1. The summed E-state index contributed by atoms with van der Waals surface area (Å²) in [5.74, 6) is 0.707. The molecule has 7 heteroatoms. The third-order valence-electron chi connectivity index (χ3n) is 2.77. The normalized spacial score (nSPS) is 12.3. The number of nitrogens with zero attached hydrogens (tertiary/aromatic N) is 3. The lowest BCUT2D eigenvalue weighted by Gasteiger charge is -2.09. The average Bonchev–Trinajstić information content (AvgIpc) is 2.65. The van der Waals surface area contributed by atoms with Crippen LogP contribution in [-0.2, 0) is 12.4 Å². The lowest BCUT2D eigenvalue weighted by atomic mass is 10.3. The number of hydrogen-bond donors (Lipinski definition) is 0. The van der Waals surface area contributed by atoms with E-state index in [0.29, 0.717) is 17.0 Å². The summed E-state index contributed by atoms with van der Waals surface area (Å²) in [6.45, 7) is 2.04. The lowest BCUT2D eigenvalue weighted by Crippen LogP contribution is -2.10. The van der Waals surface area contributed by atoms with Gasteiger partial charge in [-0.1, -0.05) is 0 Å². The van der Waals surface area contributed by atoms with Crippen molar-refractivity contribution in [3.63, 3.8) is 0 Å². The zero-order valence-corrected chi connectivity index (χ0v) is 11.1. The highest BCUT2D eigenvalue weighted by Crippen LogP contribution is 2.23. The molecule has 0 spiro atoms. The van der Waals surface area contributed by atoms with Gasteiger partial charge >= 0.3 is 6.18 Å². The third-order valence-corrected chi connectivity index (χ3v) is 3.01. The Balaban J connectivity index is 2.27. The van der Waals surface area contributed by atoms with Gasteiger partial charge in [0.25, 0.3) is 0 Å². The first-order chi connectivity index (χ1) is 8.90. The average molecular weight is 292 g/mol. The van der Waals surface area contributed by atoms with E-state index in [-0.39, 0.29) is 18.8 Å². The van der Waals surface area contributed by atoms with Crippen molar-refractivity contribution < 1.29 is 13.2 Å². The van der Waals surface area contributed by atoms with Crippen molar-refractivity contribution in [2.24, 2.45) is 0 Å². The zero-order valence-electron chi connectivity index (χ0n) is 10.3. The van der Waals surface area contributed by atoms with Crippen molar-refractivity contribution in [2.45, 2.75) is 38.4 Å². The molecule has 2 aromatic rings. The first kappa shape index (κ1) is 14.1. The second-order valence-electron chi connectivity index (χ2n) is 4.33. The van der Waals surface area contributed by atoms with Crippen molar-refractivity contribution in [2.75, 3.05) is 0 Å². The summed E-state index contributed by atoms with van der Waals surface area (Å²) < 4.78 is 38.2. The number of aromatic nitrogens is 3. The maximum Gasteiger partial charge on any atom is 0.389 e. The summed E-state index contributed by atoms with van der Waals surface area (Å²) in [4.78, 5) is 8.59. The van der Waals surface area contributed by atoms with Crippen LogP contribution >= 0.6 is 11.6 Å². The second-order valence-corrected chi connectivity index (χ2v) is 4.59. The molecule has 104 valence electrons. The quantitative estimate of drug-likeness (QED) is 0.802. The Kier molecular flexibility index (Phi) is 3.99. The third kappa shape index (κ3) is 3.37. The van der Waals surface area contributed by atoms with Crippen molar-refractivity contribution in [3.8, 4) is 0 Å². The summed E-state index contributed by atoms with van der Waals surface area (Å²) in [7, 11) is 0. The maximum absolute atomic E-state index is 12.2. The van der Waals surface area contributed by atoms with Gasteiger partial charge in [0.05, 0.1) is 5.88 Å². The van der Waals surface area contributed by atoms with Gasteiger partial charge in [-0.15, -0.1) is 11.6 Å². The largest absolute Gasteiger partial charge is 0.389 e. The van der Waals surface area contributed by atoms with Gasteiger partial charge in [-0.25, -0.2) is 9.97 Å². The minimum absolute atomic E-state index is 0.00549. The number of halogens is 4. The molecule has 0 aromatic carbocycles. The molecule has 0 aliphatic heterocycles. The summed E-state index contributed by atoms with van der Waals surface area (Å²) in [5, 5.41) is 0. The Morgan fingerprint density at radius 2 is 2.00 bits per heavy atom. The van der Waals surface area contributed by atoms with Crippen LogP contribution in [0.1, 0.15) is 24.4 Å². The molecule has 0 amide bonds. The van der Waals surface area contributed by atoms with Gasteiger partial charge in [-0.3, -0.25) is 0 Å². The van der Waals surface area contributed by atoms with Crippen LogP contribution in [0.15, 0.2) is 12.1 Å². The van der Waals surface area contributed by atoms with Gasteiger partial charge in [-0.2, -0.15) is 13.2 Å². The Morgan fingerprint density at radius 1 is 1.26 bits per heavy atom. The van der Waals surface area contributed by atoms with Crippen LogP contribution < -0.4 is 0 Å². The fourth-order valence-electron chi connectivity index (χ4n) is 1.92. The Hall–Kier alpha value is -1.30. The smallest absolute Gasteiger partial charge is 0.312 e. The van der Waals surface area contributed by atoms with Gasteiger partial charge in [0.1, 0.15) is 11.3 Å². The lowest BCUT2D eigenvalue weighted by molar-refractivity contribution is -0.135. The minimum Gasteiger partial charge on any atom is -0.312 e. The zero-order chi connectivity index (χ0) is 14.0. The molecular formula is C12H13ClF3N3. The SMILES string of the molecule is Cc1ccc2nc(CCl)n(CCCC(F)(F)F)c2n1. The minimum atomic E-state index is -4.14. The summed E-state index contributed by atoms with van der Waals surface area (Å²) in [5.41, 5.74) is 2.05. The molecule has 2 aromatic heterocycles. The first-order valence-electron chi connectivity index (χ1n) is 5.86. The summed E-state index contributed by atoms with van der Waals surface area (Å²) >= 11 is 5.78. The molecule has 0 radical (unpaired) electrons. The fourth-order valence-corrected chi connectivity index (χ4v) is 2.12. The van der Waals surface area contributed by atoms with E-state index in [0.717, 1.165) is 5.69 Å². The maximum atomic E-state index is 12.2. The molecule has 2 rings (SSSR count). The number of fused-ring (bicyclic) bond motifs is 1. The van der Waals surface area contributed by atoms with E-state index in [2.05, 4.69) is 9.97 Å². The van der Waals surface area contributed by atoms with Crippen LogP contribution in [-0.4, -0.2) is 20.7 Å². The van der Waals surface area contributed by atoms with Gasteiger partial charge in [0, 0.05) is 18.7 Å². The predicted octanol–water partition coefficient (Wildman–Crippen LogP) is 3.82. The van der Waals surface area contributed by atoms with Gasteiger partial charge in [0.15, 0.2) is 5.65 Å². The van der Waals surface area contributed by atoms with E-state index in [4.69, 9.17) is 11.6 Å². The predicted molar refractivity (Wildman–Crippen MR) is 67.1 cm³/mol. The van der Waals surface area contributed by atoms with Crippen LogP contribution in [0, 0.1) is 6.92 Å². The van der Waals surface area contributed by atoms with Gasteiger partial charge in [-0.05, 0) is 25.5 Å². The number of rotatable bonds is 4. The van der Waals surface area contributed by atoms with E-state index in [9.17, 15) is 13.2 Å². The van der Waals surface area contributed by atoms with Crippen LogP contribution in [0.5, 0.6) is 0 Å². The van der Waals surface area contributed by atoms with Crippen molar-refractivity contribution in [3.05, 3.63) is 23.7 Å². The summed E-state index contributed by atoms with van der Waals surface area (Å²) in [6, 6.07) is 3.61. The van der Waals surface area contributed by atoms with E-state index in [1.165, 1.54) is 0 Å². The van der Waals surface area contributed by atoms with Crippen LogP contribution in [0.3, 0.4) is 0 Å². The van der Waals surface area contributed by atoms with Crippen LogP contribution in [0.2, 0.25) is 0 Å². The molecule has 3 nitrogen and oxygen atoms in total. The molecule has 0 fully saturated rings. The first-order valence-corrected chi connectivity index (χ1v) is 6.39. The monoisotopic (exact) mass is 291 g/mol. The highest BCUT2D eigenvalue weighted by Gasteiger charge is 2.26. The molecule has 0 atom stereocenters. The van der Waals surface area contributed by atoms with Gasteiger partial charge in [0.2, 0.25) is 0 Å². The van der Waals surface area contributed by atoms with E-state index >= 15 is 0 Å². The van der Waals surface area contributed by atoms with Crippen molar-refractivity contribution >= 4 is 22.8 Å². The number of imidazole rings is 1. The highest BCUT2D eigenvalue weighted by molar-refractivity contribution is 6.16. The Bertz CT molecular complexity index is 577. The number of aryl methyl sites for hydroxylation is 2. The molecule has 0 bridgehead atoms. The standard InChI is InChI=1S/C12H13ClF3N3/c1-8-3-4-9-11(17-8)19(10(7-13)18-9)6-2-5-12(14,15)16/h3-4H,2,5-7H2,1H3. The van der Waals surface area contributed by atoms with E-state index in [1.807, 2.05) is 13.0 Å². The topological polar surface area (TPSA) is 30.7 Å². The van der Waals surface area contributed by atoms with E-state index < -0.39 is 12.6 Å². The second kappa shape index (κ2) is 5.36. The number of hydrogen-bond acceptors (Lipinski definition) is 2. The van der Waals surface area contributed by atoms with E-state index in [1.54, 1.807) is 10.6 Å². The Labute approximate surface area is 113 Å². The molecule has 0 saturated heterocycles. The van der Waals surface area contributed by atoms with Crippen LogP contribution in [0.4, 0.5) is 13.2 Å². The van der Waals surface area contributed by atoms with Crippen molar-refractivity contribution in [1.29, 1.82) is 0 Å². The van der Waals surface area contributed by atoms with Crippen molar-refractivity contribution in [1.82, 2.24) is 14.5 Å². The molecule has 0 unspecified atom stereocenters.